The van der Waals surface area contributed by atoms with Crippen LogP contribution in [0.1, 0.15) is 6.92 Å². The fourth-order valence-corrected chi connectivity index (χ4v) is 1.67. The Morgan fingerprint density at radius 2 is 2.23 bits per heavy atom. The Hall–Kier alpha value is -1.50. The minimum absolute atomic E-state index is 0.228. The van der Waals surface area contributed by atoms with Crippen molar-refractivity contribution in [1.29, 1.82) is 0 Å². The third-order valence-electron chi connectivity index (χ3n) is 1.72. The molecule has 1 N–H and O–H groups in total. The van der Waals surface area contributed by atoms with Gasteiger partial charge in [-0.15, -0.1) is 0 Å². The van der Waals surface area contributed by atoms with E-state index in [0.29, 0.717) is 12.2 Å². The third-order valence-corrected chi connectivity index (χ3v) is 2.24. The molecule has 2 aromatic rings. The molecule has 6 nitrogen and oxygen atoms in total. The van der Waals surface area contributed by atoms with Gasteiger partial charge in [-0.25, -0.2) is 4.79 Å². The molecular weight excluding hydrogens is 192 g/mol. The van der Waals surface area contributed by atoms with Crippen molar-refractivity contribution in [2.24, 2.45) is 0 Å². The van der Waals surface area contributed by atoms with Gasteiger partial charge < -0.3 is 0 Å². The van der Waals surface area contributed by atoms with Crippen molar-refractivity contribution < 1.29 is 0 Å². The van der Waals surface area contributed by atoms with E-state index in [-0.39, 0.29) is 5.52 Å². The number of nitrogens with zero attached hydrogens (tertiary/aromatic N) is 3. The number of aromatic nitrogens is 4. The van der Waals surface area contributed by atoms with E-state index in [1.165, 1.54) is 4.57 Å². The summed E-state index contributed by atoms with van der Waals surface area (Å²) in [4.78, 5) is 24.6. The molecule has 68 valence electrons. The van der Waals surface area contributed by atoms with Crippen molar-refractivity contribution in [3.8, 4) is 0 Å². The van der Waals surface area contributed by atoms with Gasteiger partial charge in [0.2, 0.25) is 0 Å². The summed E-state index contributed by atoms with van der Waals surface area (Å²) in [6, 6.07) is 0. The second-order valence-electron chi connectivity index (χ2n) is 2.44. The van der Waals surface area contributed by atoms with Crippen LogP contribution in [0.5, 0.6) is 0 Å². The van der Waals surface area contributed by atoms with Crippen molar-refractivity contribution in [3.63, 3.8) is 0 Å². The van der Waals surface area contributed by atoms with Gasteiger partial charge in [0.1, 0.15) is 0 Å². The Labute approximate surface area is 76.2 Å². The molecule has 0 aromatic carbocycles. The number of aromatic amines is 1. The van der Waals surface area contributed by atoms with Crippen molar-refractivity contribution in [1.82, 2.24) is 18.3 Å². The molecule has 0 aliphatic carbocycles. The topological polar surface area (TPSA) is 80.6 Å². The number of fused-ring (bicyclic) bond motifs is 1. The first-order chi connectivity index (χ1) is 6.24. The number of nitrogens with one attached hydrogen (secondary N) is 1. The highest BCUT2D eigenvalue weighted by atomic mass is 32.1. The quantitative estimate of drug-likeness (QED) is 0.673. The molecule has 0 unspecified atom stereocenters. The fraction of sp³-hybridized carbons (Fsp3) is 0.333. The highest BCUT2D eigenvalue weighted by molar-refractivity contribution is 7.00. The van der Waals surface area contributed by atoms with Crippen LogP contribution in [0, 0.1) is 0 Å². The van der Waals surface area contributed by atoms with Crippen LogP contribution in [-0.2, 0) is 6.54 Å². The maximum Gasteiger partial charge on any atom is 0.330 e. The molecule has 0 bridgehead atoms. The third kappa shape index (κ3) is 1.08. The van der Waals surface area contributed by atoms with Crippen molar-refractivity contribution >= 4 is 22.9 Å². The highest BCUT2D eigenvalue weighted by Gasteiger charge is 2.08. The normalized spacial score (nSPS) is 10.8. The summed E-state index contributed by atoms with van der Waals surface area (Å²) in [6.07, 6.45) is 0. The zero-order valence-corrected chi connectivity index (χ0v) is 7.59. The summed E-state index contributed by atoms with van der Waals surface area (Å²) in [5.74, 6) is 0. The number of rotatable bonds is 1. The van der Waals surface area contributed by atoms with Gasteiger partial charge in [0.25, 0.3) is 5.56 Å². The predicted octanol–water partition coefficient (Wildman–Crippen LogP) is -0.439. The van der Waals surface area contributed by atoms with Gasteiger partial charge in [-0.05, 0) is 6.92 Å². The first-order valence-corrected chi connectivity index (χ1v) is 4.42. The Kier molecular flexibility index (Phi) is 1.73. The molecule has 7 heteroatoms. The van der Waals surface area contributed by atoms with E-state index < -0.39 is 11.2 Å². The van der Waals surface area contributed by atoms with Crippen molar-refractivity contribution in [2.75, 3.05) is 0 Å². The van der Waals surface area contributed by atoms with Crippen LogP contribution in [0.3, 0.4) is 0 Å². The molecule has 2 rings (SSSR count). The number of hydrogen-bond donors (Lipinski definition) is 1. The SMILES string of the molecule is CCn1c(=O)[nH]c(=O)c2nsnc21. The van der Waals surface area contributed by atoms with E-state index in [4.69, 9.17) is 0 Å². The van der Waals surface area contributed by atoms with Crippen molar-refractivity contribution in [3.05, 3.63) is 20.8 Å². The van der Waals surface area contributed by atoms with Gasteiger partial charge in [-0.2, -0.15) is 8.75 Å². The average Bonchev–Trinajstić information content (AvgIpc) is 2.53. The van der Waals surface area contributed by atoms with Gasteiger partial charge in [0.05, 0.1) is 11.7 Å². The van der Waals surface area contributed by atoms with Crippen LogP contribution in [0.15, 0.2) is 9.59 Å². The number of hydrogen-bond acceptors (Lipinski definition) is 5. The van der Waals surface area contributed by atoms with Gasteiger partial charge in [-0.3, -0.25) is 14.3 Å². The second-order valence-corrected chi connectivity index (χ2v) is 2.97. The second kappa shape index (κ2) is 2.77. The number of aryl methyl sites for hydroxylation is 1. The summed E-state index contributed by atoms with van der Waals surface area (Å²) >= 11 is 0.926. The molecule has 0 aliphatic rings. The maximum atomic E-state index is 11.2. The first kappa shape index (κ1) is 8.11. The van der Waals surface area contributed by atoms with Crippen LogP contribution in [0.4, 0.5) is 0 Å². The Balaban J connectivity index is 3.06. The van der Waals surface area contributed by atoms with Gasteiger partial charge in [0.15, 0.2) is 11.2 Å². The average molecular weight is 198 g/mol. The van der Waals surface area contributed by atoms with Crippen LogP contribution < -0.4 is 11.2 Å². The van der Waals surface area contributed by atoms with Crippen LogP contribution in [0.25, 0.3) is 11.2 Å². The molecule has 0 saturated heterocycles. The molecular formula is C6H6N4O2S. The van der Waals surface area contributed by atoms with E-state index in [1.54, 1.807) is 6.92 Å². The molecule has 2 aromatic heterocycles. The zero-order valence-electron chi connectivity index (χ0n) is 6.77. The summed E-state index contributed by atoms with van der Waals surface area (Å²) in [5.41, 5.74) is -0.321. The smallest absolute Gasteiger partial charge is 0.276 e. The lowest BCUT2D eigenvalue weighted by molar-refractivity contribution is 0.720. The monoisotopic (exact) mass is 198 g/mol. The van der Waals surface area contributed by atoms with Gasteiger partial charge >= 0.3 is 5.69 Å². The molecule has 0 fully saturated rings. The summed E-state index contributed by atoms with van der Waals surface area (Å²) < 4.78 is 9.05. The minimum atomic E-state index is -0.474. The Morgan fingerprint density at radius 3 is 2.92 bits per heavy atom. The molecule has 0 amide bonds. The predicted molar refractivity (Wildman–Crippen MR) is 48.0 cm³/mol. The van der Waals surface area contributed by atoms with E-state index in [1.807, 2.05) is 0 Å². The Bertz CT molecular complexity index is 551. The zero-order chi connectivity index (χ0) is 9.42. The maximum absolute atomic E-state index is 11.2. The summed E-state index contributed by atoms with van der Waals surface area (Å²) in [7, 11) is 0. The molecule has 0 saturated carbocycles. The van der Waals surface area contributed by atoms with E-state index >= 15 is 0 Å². The van der Waals surface area contributed by atoms with Gasteiger partial charge in [0, 0.05) is 6.54 Å². The molecule has 0 spiro atoms. The van der Waals surface area contributed by atoms with Crippen molar-refractivity contribution in [2.45, 2.75) is 13.5 Å². The van der Waals surface area contributed by atoms with E-state index in [2.05, 4.69) is 13.7 Å². The molecule has 2 heterocycles. The Morgan fingerprint density at radius 1 is 1.46 bits per heavy atom. The molecule has 13 heavy (non-hydrogen) atoms. The lowest BCUT2D eigenvalue weighted by Crippen LogP contribution is -2.29. The van der Waals surface area contributed by atoms with Crippen LogP contribution >= 0.6 is 11.7 Å². The molecule has 0 atom stereocenters. The van der Waals surface area contributed by atoms with Crippen LogP contribution in [0.2, 0.25) is 0 Å². The first-order valence-electron chi connectivity index (χ1n) is 3.69. The summed E-state index contributed by atoms with van der Waals surface area (Å²) in [5, 5.41) is 0. The summed E-state index contributed by atoms with van der Waals surface area (Å²) in [6.45, 7) is 2.27. The van der Waals surface area contributed by atoms with E-state index in [0.717, 1.165) is 11.7 Å². The number of H-pyrrole nitrogens is 1. The lowest BCUT2D eigenvalue weighted by Gasteiger charge is -1.98. The minimum Gasteiger partial charge on any atom is -0.276 e. The molecule has 0 aliphatic heterocycles. The standard InChI is InChI=1S/C6H6N4O2S/c1-2-10-4-3(8-13-9-4)5(11)7-6(10)12/h2H2,1H3,(H,7,11,12). The van der Waals surface area contributed by atoms with Gasteiger partial charge in [-0.1, -0.05) is 0 Å². The largest absolute Gasteiger partial charge is 0.330 e. The highest BCUT2D eigenvalue weighted by Crippen LogP contribution is 2.02. The fourth-order valence-electron chi connectivity index (χ4n) is 1.12. The molecule has 0 radical (unpaired) electrons. The van der Waals surface area contributed by atoms with E-state index in [9.17, 15) is 9.59 Å². The lowest BCUT2D eigenvalue weighted by atomic mass is 10.5. The van der Waals surface area contributed by atoms with Crippen LogP contribution in [-0.4, -0.2) is 18.3 Å².